The summed E-state index contributed by atoms with van der Waals surface area (Å²) in [5.74, 6) is 0. The number of hydrogen-bond donors (Lipinski definition) is 0. The molecule has 0 spiro atoms. The molecule has 42 valence electrons. The Morgan fingerprint density at radius 2 is 2.14 bits per heavy atom. The van der Waals surface area contributed by atoms with Gasteiger partial charge < -0.3 is 0 Å². The summed E-state index contributed by atoms with van der Waals surface area (Å²) in [4.78, 5) is 5.99. The summed E-state index contributed by atoms with van der Waals surface area (Å²) in [7, 11) is 3.99. The van der Waals surface area contributed by atoms with Crippen molar-refractivity contribution in [2.45, 2.75) is 6.92 Å². The fourth-order valence-corrected chi connectivity index (χ4v) is 0.245. The van der Waals surface area contributed by atoms with Gasteiger partial charge in [0.1, 0.15) is 0 Å². The van der Waals surface area contributed by atoms with E-state index in [2.05, 4.69) is 4.99 Å². The van der Waals surface area contributed by atoms with Crippen molar-refractivity contribution >= 4 is 6.21 Å². The summed E-state index contributed by atoms with van der Waals surface area (Å²) >= 11 is 0. The Balaban J connectivity index is 2.97. The lowest BCUT2D eigenvalue weighted by atomic mass is 10.8. The first-order valence-electron chi connectivity index (χ1n) is 2.36. The number of aliphatic imine (C=N–C) groups is 1. The minimum absolute atomic E-state index is 0.802. The standard InChI is InChI=1S/C5H12N2/c1-4-6-5-7(2)3/h4H,5H2,1-3H3. The molecule has 0 aromatic heterocycles. The molecule has 0 aliphatic rings. The minimum Gasteiger partial charge on any atom is -0.291 e. The molecule has 0 aliphatic heterocycles. The lowest BCUT2D eigenvalue weighted by Crippen LogP contribution is -2.10. The summed E-state index contributed by atoms with van der Waals surface area (Å²) in [6.45, 7) is 2.72. The highest BCUT2D eigenvalue weighted by atomic mass is 15.1. The monoisotopic (exact) mass is 100 g/mol. The van der Waals surface area contributed by atoms with E-state index in [1.807, 2.05) is 25.9 Å². The minimum atomic E-state index is 0.802. The van der Waals surface area contributed by atoms with E-state index in [-0.39, 0.29) is 0 Å². The van der Waals surface area contributed by atoms with Crippen LogP contribution in [0, 0.1) is 0 Å². The van der Waals surface area contributed by atoms with Gasteiger partial charge in [-0.25, -0.2) is 0 Å². The van der Waals surface area contributed by atoms with Crippen LogP contribution in [-0.2, 0) is 0 Å². The largest absolute Gasteiger partial charge is 0.291 e. The van der Waals surface area contributed by atoms with Crippen molar-refractivity contribution in [1.82, 2.24) is 4.90 Å². The highest BCUT2D eigenvalue weighted by Gasteiger charge is 1.77. The van der Waals surface area contributed by atoms with Gasteiger partial charge in [-0.1, -0.05) is 0 Å². The molecule has 7 heavy (non-hydrogen) atoms. The van der Waals surface area contributed by atoms with Gasteiger partial charge in [0, 0.05) is 0 Å². The van der Waals surface area contributed by atoms with Crippen LogP contribution in [0.5, 0.6) is 0 Å². The molecule has 0 aromatic carbocycles. The molecule has 0 aromatic rings. The Labute approximate surface area is 44.9 Å². The topological polar surface area (TPSA) is 15.6 Å². The lowest BCUT2D eigenvalue weighted by molar-refractivity contribution is 0.425. The van der Waals surface area contributed by atoms with Crippen molar-refractivity contribution in [3.05, 3.63) is 0 Å². The number of hydrogen-bond acceptors (Lipinski definition) is 2. The molecule has 0 saturated heterocycles. The first kappa shape index (κ1) is 6.63. The third-order valence-corrected chi connectivity index (χ3v) is 0.547. The molecule has 0 amide bonds. The fourth-order valence-electron chi connectivity index (χ4n) is 0.245. The predicted molar refractivity (Wildman–Crippen MR) is 32.7 cm³/mol. The van der Waals surface area contributed by atoms with Crippen molar-refractivity contribution in [3.63, 3.8) is 0 Å². The average molecular weight is 100 g/mol. The maximum Gasteiger partial charge on any atom is 0.0900 e. The second-order valence-electron chi connectivity index (χ2n) is 1.66. The van der Waals surface area contributed by atoms with Gasteiger partial charge in [-0.3, -0.25) is 9.89 Å². The first-order chi connectivity index (χ1) is 3.27. The lowest BCUT2D eigenvalue weighted by Gasteiger charge is -2.01. The highest BCUT2D eigenvalue weighted by Crippen LogP contribution is 1.70. The molecule has 0 bridgehead atoms. The van der Waals surface area contributed by atoms with E-state index in [4.69, 9.17) is 0 Å². The molecule has 0 atom stereocenters. The number of rotatable bonds is 2. The van der Waals surface area contributed by atoms with Gasteiger partial charge in [-0.2, -0.15) is 0 Å². The smallest absolute Gasteiger partial charge is 0.0900 e. The quantitative estimate of drug-likeness (QED) is 0.464. The summed E-state index contributed by atoms with van der Waals surface area (Å²) in [5.41, 5.74) is 0. The second-order valence-corrected chi connectivity index (χ2v) is 1.66. The summed E-state index contributed by atoms with van der Waals surface area (Å²) in [5, 5.41) is 0. The van der Waals surface area contributed by atoms with Crippen LogP contribution in [0.25, 0.3) is 0 Å². The molecular weight excluding hydrogens is 88.1 g/mol. The SMILES string of the molecule is CC=NCN(C)C. The summed E-state index contributed by atoms with van der Waals surface area (Å²) < 4.78 is 0. The Kier molecular flexibility index (Phi) is 3.61. The van der Waals surface area contributed by atoms with Gasteiger partial charge in [0.05, 0.1) is 6.67 Å². The maximum atomic E-state index is 3.97. The van der Waals surface area contributed by atoms with Crippen LogP contribution in [0.1, 0.15) is 6.92 Å². The molecule has 0 aliphatic carbocycles. The molecule has 0 rings (SSSR count). The fraction of sp³-hybridized carbons (Fsp3) is 0.800. The van der Waals surface area contributed by atoms with Crippen LogP contribution in [0.2, 0.25) is 0 Å². The van der Waals surface area contributed by atoms with Crippen LogP contribution < -0.4 is 0 Å². The van der Waals surface area contributed by atoms with E-state index < -0.39 is 0 Å². The highest BCUT2D eigenvalue weighted by molar-refractivity contribution is 5.52. The van der Waals surface area contributed by atoms with Gasteiger partial charge in [-0.15, -0.1) is 0 Å². The van der Waals surface area contributed by atoms with Crippen molar-refractivity contribution in [2.24, 2.45) is 4.99 Å². The average Bonchev–Trinajstić information content (AvgIpc) is 1.61. The summed E-state index contributed by atoms with van der Waals surface area (Å²) in [6, 6.07) is 0. The van der Waals surface area contributed by atoms with Crippen LogP contribution in [-0.4, -0.2) is 31.9 Å². The predicted octanol–water partition coefficient (Wildman–Crippen LogP) is 0.596. The Bertz CT molecular complexity index is 57.1. The Morgan fingerprint density at radius 1 is 1.57 bits per heavy atom. The zero-order valence-electron chi connectivity index (χ0n) is 5.18. The molecule has 2 nitrogen and oxygen atoms in total. The van der Waals surface area contributed by atoms with Crippen LogP contribution >= 0.6 is 0 Å². The molecule has 0 N–H and O–H groups in total. The van der Waals surface area contributed by atoms with E-state index in [1.165, 1.54) is 0 Å². The molecule has 2 heteroatoms. The van der Waals surface area contributed by atoms with Gasteiger partial charge in [-0.05, 0) is 27.2 Å². The Morgan fingerprint density at radius 3 is 2.29 bits per heavy atom. The van der Waals surface area contributed by atoms with E-state index in [0.29, 0.717) is 0 Å². The van der Waals surface area contributed by atoms with E-state index in [9.17, 15) is 0 Å². The second kappa shape index (κ2) is 3.81. The normalized spacial score (nSPS) is 11.4. The van der Waals surface area contributed by atoms with Crippen molar-refractivity contribution < 1.29 is 0 Å². The van der Waals surface area contributed by atoms with E-state index >= 15 is 0 Å². The maximum absolute atomic E-state index is 3.97. The third-order valence-electron chi connectivity index (χ3n) is 0.547. The zero-order chi connectivity index (χ0) is 5.70. The van der Waals surface area contributed by atoms with Gasteiger partial charge >= 0.3 is 0 Å². The van der Waals surface area contributed by atoms with Crippen molar-refractivity contribution in [2.75, 3.05) is 20.8 Å². The molecule has 0 fully saturated rings. The molecule has 0 radical (unpaired) electrons. The van der Waals surface area contributed by atoms with Gasteiger partial charge in [0.15, 0.2) is 0 Å². The molecule has 0 heterocycles. The van der Waals surface area contributed by atoms with Gasteiger partial charge in [0.25, 0.3) is 0 Å². The van der Waals surface area contributed by atoms with Crippen molar-refractivity contribution in [3.8, 4) is 0 Å². The first-order valence-corrected chi connectivity index (χ1v) is 2.36. The summed E-state index contributed by atoms with van der Waals surface area (Å²) in [6.07, 6.45) is 1.81. The molecule has 0 saturated carbocycles. The van der Waals surface area contributed by atoms with E-state index in [1.54, 1.807) is 6.21 Å². The zero-order valence-corrected chi connectivity index (χ0v) is 5.18. The van der Waals surface area contributed by atoms with Crippen LogP contribution in [0.15, 0.2) is 4.99 Å². The van der Waals surface area contributed by atoms with Crippen LogP contribution in [0.3, 0.4) is 0 Å². The van der Waals surface area contributed by atoms with E-state index in [0.717, 1.165) is 6.67 Å². The molecular formula is C5H12N2. The van der Waals surface area contributed by atoms with Crippen LogP contribution in [0.4, 0.5) is 0 Å². The molecule has 0 unspecified atom stereocenters. The third kappa shape index (κ3) is 5.63. The Hall–Kier alpha value is -0.370. The van der Waals surface area contributed by atoms with Crippen molar-refractivity contribution in [1.29, 1.82) is 0 Å². The van der Waals surface area contributed by atoms with Gasteiger partial charge in [0.2, 0.25) is 0 Å². The number of nitrogens with zero attached hydrogens (tertiary/aromatic N) is 2.